The number of piperidine rings is 2. The number of carbonyl (C=O) groups excluding carboxylic acids is 1. The molecule has 0 aromatic rings. The highest BCUT2D eigenvalue weighted by atomic mass is 16.5. The molecule has 122 valence electrons. The lowest BCUT2D eigenvalue weighted by atomic mass is 9.98. The minimum absolute atomic E-state index is 0.183. The van der Waals surface area contributed by atoms with Gasteiger partial charge in [-0.1, -0.05) is 0 Å². The molecule has 1 N–H and O–H groups in total. The van der Waals surface area contributed by atoms with Crippen molar-refractivity contribution in [3.05, 3.63) is 0 Å². The molecule has 2 rings (SSSR count). The van der Waals surface area contributed by atoms with Gasteiger partial charge in [-0.15, -0.1) is 0 Å². The summed E-state index contributed by atoms with van der Waals surface area (Å²) in [6.07, 6.45) is 6.24. The summed E-state index contributed by atoms with van der Waals surface area (Å²) in [7, 11) is 0. The monoisotopic (exact) mass is 298 g/mol. The van der Waals surface area contributed by atoms with Crippen LogP contribution in [0.15, 0.2) is 0 Å². The standard InChI is InChI=1S/C16H30N2O3/c1-13-5-3-6-14(2)18(13)16(20)17-9-7-15(8-10-17)21-12-4-11-19/h13-15,19H,3-12H2,1-2H3. The van der Waals surface area contributed by atoms with Gasteiger partial charge >= 0.3 is 6.03 Å². The number of hydrogen-bond donors (Lipinski definition) is 1. The molecule has 2 aliphatic heterocycles. The molecule has 5 heteroatoms. The smallest absolute Gasteiger partial charge is 0.320 e. The fraction of sp³-hybridized carbons (Fsp3) is 0.938. The highest BCUT2D eigenvalue weighted by Crippen LogP contribution is 2.25. The predicted octanol–water partition coefficient (Wildman–Crippen LogP) is 2.23. The van der Waals surface area contributed by atoms with Crippen molar-refractivity contribution < 1.29 is 14.6 Å². The Kier molecular flexibility index (Phi) is 6.30. The van der Waals surface area contributed by atoms with Crippen LogP contribution in [0.1, 0.15) is 52.4 Å². The molecule has 0 radical (unpaired) electrons. The van der Waals surface area contributed by atoms with Crippen LogP contribution in [0.4, 0.5) is 4.79 Å². The second-order valence-corrected chi connectivity index (χ2v) is 6.45. The Balaban J connectivity index is 1.79. The van der Waals surface area contributed by atoms with E-state index >= 15 is 0 Å². The van der Waals surface area contributed by atoms with E-state index in [1.807, 2.05) is 4.90 Å². The van der Waals surface area contributed by atoms with Gasteiger partial charge in [-0.3, -0.25) is 0 Å². The number of aliphatic hydroxyl groups is 1. The number of likely N-dealkylation sites (tertiary alicyclic amines) is 2. The van der Waals surface area contributed by atoms with Crippen molar-refractivity contribution in [3.63, 3.8) is 0 Å². The lowest BCUT2D eigenvalue weighted by molar-refractivity contribution is 0.00254. The zero-order chi connectivity index (χ0) is 15.2. The Morgan fingerprint density at radius 2 is 1.76 bits per heavy atom. The molecule has 2 fully saturated rings. The molecule has 2 aliphatic rings. The van der Waals surface area contributed by atoms with Gasteiger partial charge in [-0.2, -0.15) is 0 Å². The van der Waals surface area contributed by atoms with Crippen LogP contribution in [-0.2, 0) is 4.74 Å². The molecule has 2 atom stereocenters. The van der Waals surface area contributed by atoms with Crippen LogP contribution in [0.3, 0.4) is 0 Å². The average molecular weight is 298 g/mol. The van der Waals surface area contributed by atoms with E-state index in [9.17, 15) is 4.79 Å². The van der Waals surface area contributed by atoms with Gasteiger partial charge in [0.25, 0.3) is 0 Å². The molecule has 2 unspecified atom stereocenters. The Labute approximate surface area is 128 Å². The van der Waals surface area contributed by atoms with E-state index in [2.05, 4.69) is 18.7 Å². The summed E-state index contributed by atoms with van der Waals surface area (Å²) < 4.78 is 5.73. The van der Waals surface area contributed by atoms with E-state index in [4.69, 9.17) is 9.84 Å². The number of ether oxygens (including phenoxy) is 1. The number of urea groups is 1. The summed E-state index contributed by atoms with van der Waals surface area (Å²) in [4.78, 5) is 16.8. The average Bonchev–Trinajstić information content (AvgIpc) is 2.48. The molecular weight excluding hydrogens is 268 g/mol. The van der Waals surface area contributed by atoms with Gasteiger partial charge in [0.05, 0.1) is 6.10 Å². The SMILES string of the molecule is CC1CCCC(C)N1C(=O)N1CCC(OCCCO)CC1. The third kappa shape index (κ3) is 4.33. The van der Waals surface area contributed by atoms with Crippen molar-refractivity contribution in [2.75, 3.05) is 26.3 Å². The first kappa shape index (κ1) is 16.6. The van der Waals surface area contributed by atoms with Gasteiger partial charge in [0.2, 0.25) is 0 Å². The van der Waals surface area contributed by atoms with Gasteiger partial charge < -0.3 is 19.6 Å². The van der Waals surface area contributed by atoms with Crippen LogP contribution < -0.4 is 0 Å². The normalized spacial score (nSPS) is 28.0. The van der Waals surface area contributed by atoms with Crippen LogP contribution in [0.5, 0.6) is 0 Å². The zero-order valence-electron chi connectivity index (χ0n) is 13.5. The summed E-state index contributed by atoms with van der Waals surface area (Å²) in [5.74, 6) is 0. The first-order chi connectivity index (χ1) is 10.1. The number of hydrogen-bond acceptors (Lipinski definition) is 3. The number of carbonyl (C=O) groups is 1. The summed E-state index contributed by atoms with van der Waals surface area (Å²) >= 11 is 0. The second-order valence-electron chi connectivity index (χ2n) is 6.45. The maximum absolute atomic E-state index is 12.7. The fourth-order valence-corrected chi connectivity index (χ4v) is 3.49. The minimum atomic E-state index is 0.183. The first-order valence-corrected chi connectivity index (χ1v) is 8.43. The van der Waals surface area contributed by atoms with Crippen LogP contribution in [0, 0.1) is 0 Å². The number of nitrogens with zero attached hydrogens (tertiary/aromatic N) is 2. The van der Waals surface area contributed by atoms with E-state index in [1.54, 1.807) is 0 Å². The van der Waals surface area contributed by atoms with Crippen molar-refractivity contribution in [2.45, 2.75) is 70.6 Å². The van der Waals surface area contributed by atoms with E-state index in [1.165, 1.54) is 6.42 Å². The molecule has 5 nitrogen and oxygen atoms in total. The summed E-state index contributed by atoms with van der Waals surface area (Å²) in [5, 5.41) is 8.77. The van der Waals surface area contributed by atoms with Crippen molar-refractivity contribution in [1.29, 1.82) is 0 Å². The van der Waals surface area contributed by atoms with E-state index in [0.717, 1.165) is 38.8 Å². The zero-order valence-corrected chi connectivity index (χ0v) is 13.5. The fourth-order valence-electron chi connectivity index (χ4n) is 3.49. The van der Waals surface area contributed by atoms with Crippen molar-refractivity contribution >= 4 is 6.03 Å². The van der Waals surface area contributed by atoms with Gasteiger partial charge in [-0.05, 0) is 52.4 Å². The van der Waals surface area contributed by atoms with Crippen LogP contribution >= 0.6 is 0 Å². The molecule has 0 spiro atoms. The Bertz CT molecular complexity index is 319. The molecule has 2 heterocycles. The number of aliphatic hydroxyl groups excluding tert-OH is 1. The second kappa shape index (κ2) is 7.99. The van der Waals surface area contributed by atoms with Gasteiger partial charge in [0, 0.05) is 38.4 Å². The largest absolute Gasteiger partial charge is 0.396 e. The molecular formula is C16H30N2O3. The highest BCUT2D eigenvalue weighted by molar-refractivity contribution is 5.75. The van der Waals surface area contributed by atoms with Crippen molar-refractivity contribution in [1.82, 2.24) is 9.80 Å². The van der Waals surface area contributed by atoms with Crippen molar-refractivity contribution in [2.24, 2.45) is 0 Å². The molecule has 21 heavy (non-hydrogen) atoms. The van der Waals surface area contributed by atoms with Crippen molar-refractivity contribution in [3.8, 4) is 0 Å². The Morgan fingerprint density at radius 1 is 1.14 bits per heavy atom. The molecule has 0 aliphatic carbocycles. The Morgan fingerprint density at radius 3 is 2.33 bits per heavy atom. The molecule has 2 saturated heterocycles. The van der Waals surface area contributed by atoms with Crippen LogP contribution in [-0.4, -0.2) is 65.4 Å². The maximum atomic E-state index is 12.7. The first-order valence-electron chi connectivity index (χ1n) is 8.43. The maximum Gasteiger partial charge on any atom is 0.320 e. The topological polar surface area (TPSA) is 53.0 Å². The summed E-state index contributed by atoms with van der Waals surface area (Å²) in [6, 6.07) is 0.933. The van der Waals surface area contributed by atoms with E-state index in [0.29, 0.717) is 25.1 Å². The summed E-state index contributed by atoms with van der Waals surface area (Å²) in [5.41, 5.74) is 0. The quantitative estimate of drug-likeness (QED) is 0.810. The van der Waals surface area contributed by atoms with Crippen LogP contribution in [0.2, 0.25) is 0 Å². The minimum Gasteiger partial charge on any atom is -0.396 e. The lowest BCUT2D eigenvalue weighted by Crippen LogP contribution is -2.55. The van der Waals surface area contributed by atoms with Gasteiger partial charge in [0.1, 0.15) is 0 Å². The van der Waals surface area contributed by atoms with Gasteiger partial charge in [0.15, 0.2) is 0 Å². The predicted molar refractivity (Wildman–Crippen MR) is 82.3 cm³/mol. The number of amides is 2. The number of rotatable bonds is 4. The third-order valence-corrected chi connectivity index (χ3v) is 4.78. The molecule has 0 aromatic carbocycles. The highest BCUT2D eigenvalue weighted by Gasteiger charge is 2.33. The molecule has 0 saturated carbocycles. The van der Waals surface area contributed by atoms with Crippen LogP contribution in [0.25, 0.3) is 0 Å². The molecule has 0 aromatic heterocycles. The molecule has 2 amide bonds. The van der Waals surface area contributed by atoms with E-state index < -0.39 is 0 Å². The lowest BCUT2D eigenvalue weighted by Gasteiger charge is -2.43. The third-order valence-electron chi connectivity index (χ3n) is 4.78. The molecule has 0 bridgehead atoms. The Hall–Kier alpha value is -0.810. The summed E-state index contributed by atoms with van der Waals surface area (Å²) in [6.45, 7) is 6.71. The van der Waals surface area contributed by atoms with E-state index in [-0.39, 0.29) is 18.7 Å². The van der Waals surface area contributed by atoms with Gasteiger partial charge in [-0.25, -0.2) is 4.79 Å².